The Labute approximate surface area is 123 Å². The van der Waals surface area contributed by atoms with E-state index in [1.165, 1.54) is 6.07 Å². The van der Waals surface area contributed by atoms with E-state index in [0.717, 1.165) is 10.0 Å². The van der Waals surface area contributed by atoms with Crippen LogP contribution in [0.1, 0.15) is 12.5 Å². The number of phenolic OH excluding ortho intramolecular Hbond substituents is 2. The number of methoxy groups -OCH3 is 2. The maximum absolute atomic E-state index is 9.61. The van der Waals surface area contributed by atoms with Crippen molar-refractivity contribution in [2.45, 2.75) is 19.6 Å². The molecule has 0 saturated carbocycles. The summed E-state index contributed by atoms with van der Waals surface area (Å²) in [5, 5.41) is 19.2. The number of benzene rings is 1. The minimum Gasteiger partial charge on any atom is -0.504 e. The molecule has 2 N–H and O–H groups in total. The van der Waals surface area contributed by atoms with Crippen LogP contribution in [0.15, 0.2) is 15.0 Å². The van der Waals surface area contributed by atoms with Crippen molar-refractivity contribution in [3.05, 3.63) is 20.6 Å². The molecule has 18 heavy (non-hydrogen) atoms. The smallest absolute Gasteiger partial charge is 0.173 e. The molecule has 1 atom stereocenters. The summed E-state index contributed by atoms with van der Waals surface area (Å²) in [5.74, 6) is -0.223. The highest BCUT2D eigenvalue weighted by atomic mass is 79.9. The standard InChI is InChI=1S/C12H16Br2O4/c1-6(12(17-2)18-3)4-7-5-8(15)11(16)10(14)9(7)13/h5-6,12,15-16H,4H2,1-3H3. The predicted molar refractivity (Wildman–Crippen MR) is 75.8 cm³/mol. The highest BCUT2D eigenvalue weighted by Gasteiger charge is 2.20. The molecule has 1 rings (SSSR count). The van der Waals surface area contributed by atoms with Gasteiger partial charge < -0.3 is 19.7 Å². The van der Waals surface area contributed by atoms with Crippen LogP contribution in [-0.2, 0) is 15.9 Å². The van der Waals surface area contributed by atoms with E-state index >= 15 is 0 Å². The molecule has 0 aliphatic carbocycles. The molecular formula is C12H16Br2O4. The highest BCUT2D eigenvalue weighted by Crippen LogP contribution is 2.41. The van der Waals surface area contributed by atoms with Crippen LogP contribution in [0.3, 0.4) is 0 Å². The summed E-state index contributed by atoms with van der Waals surface area (Å²) in [6, 6.07) is 1.53. The molecule has 102 valence electrons. The Morgan fingerprint density at radius 2 is 1.72 bits per heavy atom. The summed E-state index contributed by atoms with van der Waals surface area (Å²) in [4.78, 5) is 0. The molecule has 0 fully saturated rings. The highest BCUT2D eigenvalue weighted by molar-refractivity contribution is 9.13. The largest absolute Gasteiger partial charge is 0.504 e. The maximum atomic E-state index is 9.61. The molecule has 1 aromatic carbocycles. The Hall–Kier alpha value is -0.300. The summed E-state index contributed by atoms with van der Waals surface area (Å²) in [6.45, 7) is 1.99. The first-order valence-electron chi connectivity index (χ1n) is 5.36. The van der Waals surface area contributed by atoms with Crippen molar-refractivity contribution in [2.24, 2.45) is 5.92 Å². The molecule has 0 heterocycles. The van der Waals surface area contributed by atoms with Gasteiger partial charge in [-0.15, -0.1) is 0 Å². The van der Waals surface area contributed by atoms with Gasteiger partial charge in [-0.3, -0.25) is 0 Å². The van der Waals surface area contributed by atoms with Gasteiger partial charge in [0.05, 0.1) is 4.47 Å². The van der Waals surface area contributed by atoms with Crippen molar-refractivity contribution in [3.8, 4) is 11.5 Å². The van der Waals surface area contributed by atoms with Gasteiger partial charge in [-0.1, -0.05) is 6.92 Å². The van der Waals surface area contributed by atoms with E-state index in [-0.39, 0.29) is 23.7 Å². The van der Waals surface area contributed by atoms with Crippen LogP contribution in [0.25, 0.3) is 0 Å². The zero-order chi connectivity index (χ0) is 13.9. The molecule has 0 aromatic heterocycles. The molecule has 4 nitrogen and oxygen atoms in total. The lowest BCUT2D eigenvalue weighted by atomic mass is 10.00. The fraction of sp³-hybridized carbons (Fsp3) is 0.500. The fourth-order valence-corrected chi connectivity index (χ4v) is 2.73. The SMILES string of the molecule is COC(OC)C(C)Cc1cc(O)c(O)c(Br)c1Br. The van der Waals surface area contributed by atoms with E-state index in [1.807, 2.05) is 6.92 Å². The number of rotatable bonds is 5. The molecular weight excluding hydrogens is 368 g/mol. The summed E-state index contributed by atoms with van der Waals surface area (Å²) in [5.41, 5.74) is 0.865. The molecule has 0 bridgehead atoms. The van der Waals surface area contributed by atoms with Gasteiger partial charge in [0, 0.05) is 24.6 Å². The lowest BCUT2D eigenvalue weighted by molar-refractivity contribution is -0.132. The van der Waals surface area contributed by atoms with Crippen LogP contribution in [0.5, 0.6) is 11.5 Å². The molecule has 0 aliphatic heterocycles. The van der Waals surface area contributed by atoms with E-state index < -0.39 is 0 Å². The Balaban J connectivity index is 2.98. The second kappa shape index (κ2) is 6.75. The number of phenols is 2. The Bertz CT molecular complexity index is 419. The van der Waals surface area contributed by atoms with Gasteiger partial charge in [0.1, 0.15) is 0 Å². The molecule has 0 amide bonds. The molecule has 0 saturated heterocycles. The minimum atomic E-state index is -0.313. The molecule has 0 spiro atoms. The molecule has 1 aromatic rings. The van der Waals surface area contributed by atoms with E-state index in [9.17, 15) is 10.2 Å². The summed E-state index contributed by atoms with van der Waals surface area (Å²) >= 11 is 6.61. The number of hydrogen-bond donors (Lipinski definition) is 2. The second-order valence-corrected chi connectivity index (χ2v) is 5.64. The average Bonchev–Trinajstić information content (AvgIpc) is 2.35. The average molecular weight is 384 g/mol. The summed E-state index contributed by atoms with van der Waals surface area (Å²) in [7, 11) is 3.17. The predicted octanol–water partition coefficient (Wildman–Crippen LogP) is 3.42. The monoisotopic (exact) mass is 382 g/mol. The van der Waals surface area contributed by atoms with Crippen molar-refractivity contribution >= 4 is 31.9 Å². The van der Waals surface area contributed by atoms with Crippen molar-refractivity contribution in [3.63, 3.8) is 0 Å². The first-order chi connectivity index (χ1) is 8.42. The first-order valence-corrected chi connectivity index (χ1v) is 6.95. The van der Waals surface area contributed by atoms with Gasteiger partial charge in [0.15, 0.2) is 17.8 Å². The van der Waals surface area contributed by atoms with Crippen molar-refractivity contribution in [2.75, 3.05) is 14.2 Å². The van der Waals surface area contributed by atoms with Gasteiger partial charge >= 0.3 is 0 Å². The molecule has 6 heteroatoms. The zero-order valence-electron chi connectivity index (χ0n) is 10.4. The van der Waals surface area contributed by atoms with Gasteiger partial charge in [0.2, 0.25) is 0 Å². The van der Waals surface area contributed by atoms with E-state index in [1.54, 1.807) is 14.2 Å². The van der Waals surface area contributed by atoms with E-state index in [4.69, 9.17) is 9.47 Å². The third-order valence-electron chi connectivity index (χ3n) is 2.71. The summed E-state index contributed by atoms with van der Waals surface area (Å²) < 4.78 is 11.6. The minimum absolute atomic E-state index is 0.104. The van der Waals surface area contributed by atoms with Crippen molar-refractivity contribution < 1.29 is 19.7 Å². The maximum Gasteiger partial charge on any atom is 0.173 e. The normalized spacial score (nSPS) is 13.0. The zero-order valence-corrected chi connectivity index (χ0v) is 13.6. The third kappa shape index (κ3) is 3.38. The lowest BCUT2D eigenvalue weighted by Gasteiger charge is -2.22. The number of halogens is 2. The van der Waals surface area contributed by atoms with Crippen LogP contribution >= 0.6 is 31.9 Å². The number of ether oxygens (including phenoxy) is 2. The Morgan fingerprint density at radius 3 is 2.22 bits per heavy atom. The molecule has 0 radical (unpaired) electrons. The van der Waals surface area contributed by atoms with Crippen LogP contribution in [0.4, 0.5) is 0 Å². The summed E-state index contributed by atoms with van der Waals surface area (Å²) in [6.07, 6.45) is 0.325. The van der Waals surface area contributed by atoms with Crippen molar-refractivity contribution in [1.29, 1.82) is 0 Å². The third-order valence-corrected chi connectivity index (χ3v) is 4.92. The number of aromatic hydroxyl groups is 2. The van der Waals surface area contributed by atoms with Crippen molar-refractivity contribution in [1.82, 2.24) is 0 Å². The Kier molecular flexibility index (Phi) is 5.91. The van der Waals surface area contributed by atoms with Gasteiger partial charge in [-0.25, -0.2) is 0 Å². The Morgan fingerprint density at radius 1 is 1.17 bits per heavy atom. The molecule has 1 unspecified atom stereocenters. The van der Waals surface area contributed by atoms with Crippen LogP contribution in [0, 0.1) is 5.92 Å². The van der Waals surface area contributed by atoms with Crippen LogP contribution in [-0.4, -0.2) is 30.7 Å². The number of hydrogen-bond acceptors (Lipinski definition) is 4. The van der Waals surface area contributed by atoms with E-state index in [2.05, 4.69) is 31.9 Å². The van der Waals surface area contributed by atoms with Gasteiger partial charge in [-0.05, 0) is 49.9 Å². The first kappa shape index (κ1) is 15.8. The topological polar surface area (TPSA) is 58.9 Å². The lowest BCUT2D eigenvalue weighted by Crippen LogP contribution is -2.24. The second-order valence-electron chi connectivity index (χ2n) is 4.05. The van der Waals surface area contributed by atoms with Gasteiger partial charge in [0.25, 0.3) is 0 Å². The molecule has 0 aliphatic rings. The van der Waals surface area contributed by atoms with Crippen LogP contribution in [0.2, 0.25) is 0 Å². The van der Waals surface area contributed by atoms with Crippen LogP contribution < -0.4 is 0 Å². The quantitative estimate of drug-likeness (QED) is 0.604. The van der Waals surface area contributed by atoms with Gasteiger partial charge in [-0.2, -0.15) is 0 Å². The van der Waals surface area contributed by atoms with E-state index in [0.29, 0.717) is 10.9 Å². The fourth-order valence-electron chi connectivity index (χ4n) is 1.81.